The van der Waals surface area contributed by atoms with E-state index in [1.165, 1.54) is 13.1 Å². The first-order valence-electron chi connectivity index (χ1n) is 11.4. The summed E-state index contributed by atoms with van der Waals surface area (Å²) in [4.78, 5) is 32.4. The Balaban J connectivity index is 1.28. The molecule has 2 aromatic carbocycles. The molecule has 0 atom stereocenters. The van der Waals surface area contributed by atoms with Gasteiger partial charge in [0.1, 0.15) is 11.6 Å². The molecule has 0 spiro atoms. The SMILES string of the molecule is COc1ccc(-c2cccc3nc(Nc4ccc(C(=O)Nc5ccc(NC(C)=O)nc5)cc4)nn23)cc1. The number of carbonyl (C=O) groups excluding carboxylic acids is 2. The number of anilines is 4. The zero-order chi connectivity index (χ0) is 25.8. The molecule has 10 nitrogen and oxygen atoms in total. The average Bonchev–Trinajstić information content (AvgIpc) is 3.32. The van der Waals surface area contributed by atoms with E-state index in [0.717, 1.165) is 22.7 Å². The van der Waals surface area contributed by atoms with Gasteiger partial charge < -0.3 is 20.7 Å². The molecular weight excluding hydrogens is 470 g/mol. The van der Waals surface area contributed by atoms with Crippen molar-refractivity contribution < 1.29 is 14.3 Å². The fourth-order valence-corrected chi connectivity index (χ4v) is 3.70. The summed E-state index contributed by atoms with van der Waals surface area (Å²) >= 11 is 0. The Morgan fingerprint density at radius 3 is 2.30 bits per heavy atom. The summed E-state index contributed by atoms with van der Waals surface area (Å²) in [6.45, 7) is 1.40. The van der Waals surface area contributed by atoms with Gasteiger partial charge in [0.05, 0.1) is 24.7 Å². The van der Waals surface area contributed by atoms with Crippen LogP contribution in [0.5, 0.6) is 5.75 Å². The summed E-state index contributed by atoms with van der Waals surface area (Å²) in [5.74, 6) is 1.14. The van der Waals surface area contributed by atoms with Gasteiger partial charge in [0.2, 0.25) is 11.9 Å². The maximum atomic E-state index is 12.6. The number of nitrogens with one attached hydrogen (secondary N) is 3. The number of pyridine rings is 2. The third kappa shape index (κ3) is 5.38. The summed E-state index contributed by atoms with van der Waals surface area (Å²) in [6.07, 6.45) is 1.48. The van der Waals surface area contributed by atoms with E-state index in [9.17, 15) is 9.59 Å². The van der Waals surface area contributed by atoms with Crippen LogP contribution >= 0.6 is 0 Å². The number of nitrogens with zero attached hydrogens (tertiary/aromatic N) is 4. The fraction of sp³-hybridized carbons (Fsp3) is 0.0741. The van der Waals surface area contributed by atoms with Gasteiger partial charge in [0.25, 0.3) is 5.91 Å². The van der Waals surface area contributed by atoms with Gasteiger partial charge >= 0.3 is 0 Å². The third-order valence-corrected chi connectivity index (χ3v) is 5.47. The number of hydrogen-bond acceptors (Lipinski definition) is 7. The van der Waals surface area contributed by atoms with Gasteiger partial charge in [-0.25, -0.2) is 9.50 Å². The van der Waals surface area contributed by atoms with Crippen LogP contribution in [0.25, 0.3) is 16.9 Å². The highest BCUT2D eigenvalue weighted by Crippen LogP contribution is 2.24. The van der Waals surface area contributed by atoms with Crippen LogP contribution in [0.2, 0.25) is 0 Å². The minimum atomic E-state index is -0.282. The Morgan fingerprint density at radius 2 is 1.62 bits per heavy atom. The van der Waals surface area contributed by atoms with Crippen molar-refractivity contribution in [3.63, 3.8) is 0 Å². The van der Waals surface area contributed by atoms with E-state index >= 15 is 0 Å². The summed E-state index contributed by atoms with van der Waals surface area (Å²) in [6, 6.07) is 23.8. The number of methoxy groups -OCH3 is 1. The lowest BCUT2D eigenvalue weighted by atomic mass is 10.1. The van der Waals surface area contributed by atoms with Crippen LogP contribution in [0.3, 0.4) is 0 Å². The average molecular weight is 494 g/mol. The molecule has 3 aromatic heterocycles. The molecular formula is C27H23N7O3. The van der Waals surface area contributed by atoms with Crippen molar-refractivity contribution in [3.8, 4) is 17.0 Å². The van der Waals surface area contributed by atoms with Crippen molar-refractivity contribution in [1.82, 2.24) is 19.6 Å². The molecule has 0 radical (unpaired) electrons. The summed E-state index contributed by atoms with van der Waals surface area (Å²) in [5, 5.41) is 13.2. The normalized spacial score (nSPS) is 10.6. The Labute approximate surface area is 212 Å². The number of rotatable bonds is 7. The molecule has 184 valence electrons. The summed E-state index contributed by atoms with van der Waals surface area (Å²) in [7, 11) is 1.64. The minimum Gasteiger partial charge on any atom is -0.497 e. The first kappa shape index (κ1) is 23.5. The van der Waals surface area contributed by atoms with E-state index in [1.807, 2.05) is 42.5 Å². The number of carbonyl (C=O) groups is 2. The van der Waals surface area contributed by atoms with Crippen LogP contribution < -0.4 is 20.7 Å². The van der Waals surface area contributed by atoms with Crippen molar-refractivity contribution in [2.45, 2.75) is 6.92 Å². The van der Waals surface area contributed by atoms with Crippen molar-refractivity contribution >= 4 is 40.6 Å². The Kier molecular flexibility index (Phi) is 6.45. The van der Waals surface area contributed by atoms with Crippen molar-refractivity contribution in [3.05, 3.63) is 90.6 Å². The molecule has 0 aliphatic heterocycles. The number of amides is 2. The molecule has 3 heterocycles. The molecule has 0 aliphatic rings. The summed E-state index contributed by atoms with van der Waals surface area (Å²) in [5.41, 5.74) is 4.30. The van der Waals surface area contributed by atoms with Gasteiger partial charge in [-0.1, -0.05) is 6.07 Å². The fourth-order valence-electron chi connectivity index (χ4n) is 3.70. The first-order valence-corrected chi connectivity index (χ1v) is 11.4. The van der Waals surface area contributed by atoms with E-state index in [1.54, 1.807) is 48.0 Å². The molecule has 0 fully saturated rings. The second kappa shape index (κ2) is 10.2. The standard InChI is InChI=1S/C27H23N7O3/c1-17(35)29-24-15-12-21(16-28-24)30-26(36)19-6-10-20(11-7-19)31-27-32-25-5-3-4-23(34(25)33-27)18-8-13-22(37-2)14-9-18/h3-16H,1-2H3,(H,30,36)(H,31,33)(H,28,29,35). The lowest BCUT2D eigenvalue weighted by Gasteiger charge is -2.07. The molecule has 37 heavy (non-hydrogen) atoms. The van der Waals surface area contributed by atoms with E-state index < -0.39 is 0 Å². The van der Waals surface area contributed by atoms with Crippen LogP contribution in [0.4, 0.5) is 23.1 Å². The topological polar surface area (TPSA) is 123 Å². The van der Waals surface area contributed by atoms with Crippen molar-refractivity contribution in [2.24, 2.45) is 0 Å². The van der Waals surface area contributed by atoms with Crippen LogP contribution in [0.1, 0.15) is 17.3 Å². The van der Waals surface area contributed by atoms with E-state index in [0.29, 0.717) is 28.7 Å². The number of benzene rings is 2. The van der Waals surface area contributed by atoms with Crippen molar-refractivity contribution in [1.29, 1.82) is 0 Å². The van der Waals surface area contributed by atoms with Gasteiger partial charge in [-0.2, -0.15) is 4.98 Å². The zero-order valence-corrected chi connectivity index (χ0v) is 20.1. The maximum Gasteiger partial charge on any atom is 0.255 e. The lowest BCUT2D eigenvalue weighted by molar-refractivity contribution is -0.114. The number of fused-ring (bicyclic) bond motifs is 1. The lowest BCUT2D eigenvalue weighted by Crippen LogP contribution is -2.12. The molecule has 5 rings (SSSR count). The van der Waals surface area contributed by atoms with Gasteiger partial charge in [0.15, 0.2) is 5.65 Å². The van der Waals surface area contributed by atoms with Crippen LogP contribution in [-0.2, 0) is 4.79 Å². The van der Waals surface area contributed by atoms with Gasteiger partial charge in [-0.05, 0) is 72.8 Å². The molecule has 0 saturated carbocycles. The quantitative estimate of drug-likeness (QED) is 0.299. The molecule has 0 aliphatic carbocycles. The second-order valence-corrected chi connectivity index (χ2v) is 8.11. The number of aromatic nitrogens is 4. The molecule has 3 N–H and O–H groups in total. The van der Waals surface area contributed by atoms with Crippen LogP contribution in [-0.4, -0.2) is 38.5 Å². The summed E-state index contributed by atoms with van der Waals surface area (Å²) < 4.78 is 7.02. The highest BCUT2D eigenvalue weighted by molar-refractivity contribution is 6.04. The largest absolute Gasteiger partial charge is 0.497 e. The molecule has 10 heteroatoms. The molecule has 2 amide bonds. The van der Waals surface area contributed by atoms with E-state index in [2.05, 4.69) is 31.0 Å². The maximum absolute atomic E-state index is 12.6. The predicted molar refractivity (Wildman–Crippen MR) is 141 cm³/mol. The molecule has 0 bridgehead atoms. The van der Waals surface area contributed by atoms with Crippen LogP contribution in [0, 0.1) is 0 Å². The minimum absolute atomic E-state index is 0.213. The second-order valence-electron chi connectivity index (χ2n) is 8.11. The highest BCUT2D eigenvalue weighted by atomic mass is 16.5. The highest BCUT2D eigenvalue weighted by Gasteiger charge is 2.11. The smallest absolute Gasteiger partial charge is 0.255 e. The Bertz CT molecular complexity index is 1560. The van der Waals surface area contributed by atoms with Gasteiger partial charge in [0, 0.05) is 23.7 Å². The zero-order valence-electron chi connectivity index (χ0n) is 20.1. The molecule has 0 unspecified atom stereocenters. The van der Waals surface area contributed by atoms with Crippen molar-refractivity contribution in [2.75, 3.05) is 23.1 Å². The van der Waals surface area contributed by atoms with E-state index in [4.69, 9.17) is 4.74 Å². The van der Waals surface area contributed by atoms with Gasteiger partial charge in [-0.3, -0.25) is 9.59 Å². The first-order chi connectivity index (χ1) is 18.0. The Morgan fingerprint density at radius 1 is 0.865 bits per heavy atom. The monoisotopic (exact) mass is 493 g/mol. The molecule has 0 saturated heterocycles. The molecule has 5 aromatic rings. The van der Waals surface area contributed by atoms with Crippen LogP contribution in [0.15, 0.2) is 85.1 Å². The van der Waals surface area contributed by atoms with E-state index in [-0.39, 0.29) is 11.8 Å². The van der Waals surface area contributed by atoms with Gasteiger partial charge in [-0.15, -0.1) is 5.10 Å². The number of hydrogen-bond donors (Lipinski definition) is 3. The third-order valence-electron chi connectivity index (χ3n) is 5.47. The number of ether oxygens (including phenoxy) is 1. The Hall–Kier alpha value is -5.25. The predicted octanol–water partition coefficient (Wildman–Crippen LogP) is 4.75.